The second-order valence-corrected chi connectivity index (χ2v) is 17.2. The van der Waals surface area contributed by atoms with E-state index in [1.165, 1.54) is 5.56 Å². The Bertz CT molecular complexity index is 1160. The Morgan fingerprint density at radius 2 is 1.41 bits per heavy atom. The summed E-state index contributed by atoms with van der Waals surface area (Å²) in [5.74, 6) is -2.38. The molecule has 0 aromatic heterocycles. The summed E-state index contributed by atoms with van der Waals surface area (Å²) < 4.78 is 5.19. The van der Waals surface area contributed by atoms with Gasteiger partial charge in [-0.3, -0.25) is 24.0 Å². The van der Waals surface area contributed by atoms with Gasteiger partial charge in [-0.05, 0) is 35.6 Å². The van der Waals surface area contributed by atoms with Crippen LogP contribution >= 0.6 is 0 Å². The van der Waals surface area contributed by atoms with Gasteiger partial charge in [-0.2, -0.15) is 0 Å². The number of ketones is 2. The van der Waals surface area contributed by atoms with E-state index < -0.39 is 25.9 Å². The van der Waals surface area contributed by atoms with Gasteiger partial charge in [-0.25, -0.2) is 0 Å². The maximum atomic E-state index is 13.0. The average molecular weight is 581 g/mol. The lowest BCUT2D eigenvalue weighted by Gasteiger charge is -2.17. The molecule has 2 aromatic carbocycles. The first-order chi connectivity index (χ1) is 19.4. The number of hydrogen-bond acceptors (Lipinski definition) is 6. The molecule has 0 radical (unpaired) electrons. The molecule has 2 N–H and O–H groups in total. The molecule has 2 amide bonds. The highest BCUT2D eigenvalue weighted by atomic mass is 28.3. The topological polar surface area (TPSA) is 119 Å². The summed E-state index contributed by atoms with van der Waals surface area (Å²) >= 11 is 0. The van der Waals surface area contributed by atoms with E-state index in [-0.39, 0.29) is 56.2 Å². The minimum atomic E-state index is -1.31. The van der Waals surface area contributed by atoms with Crippen LogP contribution in [0.3, 0.4) is 0 Å². The second-order valence-electron chi connectivity index (χ2n) is 11.5. The zero-order chi connectivity index (χ0) is 30.3. The molecular weight excluding hydrogens is 536 g/mol. The molecule has 0 aliphatic heterocycles. The molecular formula is C32H44N2O6Si. The standard InChI is InChI=1S/C32H44N2O6Si/c1-5-24-11-13-26(14-12-24)20-28(35)23-34-32(39)27(19-25-9-7-6-8-10-25)21-29(36)22-33-30(37)15-16-31(38)40-17-18-41(2,3)4/h6-14,27H,5,15-23H2,1-4H3,(H,33,37)(H,34,39)/t27-/m1/s1. The Balaban J connectivity index is 1.83. The maximum absolute atomic E-state index is 13.0. The highest BCUT2D eigenvalue weighted by Crippen LogP contribution is 2.14. The fourth-order valence-electron chi connectivity index (χ4n) is 4.06. The molecule has 9 heteroatoms. The lowest BCUT2D eigenvalue weighted by atomic mass is 9.93. The van der Waals surface area contributed by atoms with E-state index in [4.69, 9.17) is 4.74 Å². The molecule has 1 atom stereocenters. The number of ether oxygens (including phenoxy) is 1. The average Bonchev–Trinajstić information content (AvgIpc) is 2.93. The summed E-state index contributed by atoms with van der Waals surface area (Å²) in [6.45, 7) is 8.62. The monoisotopic (exact) mass is 580 g/mol. The van der Waals surface area contributed by atoms with Crippen molar-refractivity contribution in [2.45, 2.75) is 71.1 Å². The Hall–Kier alpha value is -3.59. The summed E-state index contributed by atoms with van der Waals surface area (Å²) in [6, 6.07) is 18.0. The third-order valence-electron chi connectivity index (χ3n) is 6.62. The van der Waals surface area contributed by atoms with Gasteiger partial charge in [-0.1, -0.05) is 81.2 Å². The first kappa shape index (κ1) is 33.6. The molecule has 8 nitrogen and oxygen atoms in total. The predicted octanol–water partition coefficient (Wildman–Crippen LogP) is 4.07. The van der Waals surface area contributed by atoms with Gasteiger partial charge in [0.2, 0.25) is 11.8 Å². The maximum Gasteiger partial charge on any atom is 0.306 e. The highest BCUT2D eigenvalue weighted by molar-refractivity contribution is 6.76. The smallest absolute Gasteiger partial charge is 0.306 e. The Morgan fingerprint density at radius 3 is 2.05 bits per heavy atom. The highest BCUT2D eigenvalue weighted by Gasteiger charge is 2.23. The molecule has 2 rings (SSSR count). The predicted molar refractivity (Wildman–Crippen MR) is 162 cm³/mol. The summed E-state index contributed by atoms with van der Waals surface area (Å²) in [5, 5.41) is 5.23. The molecule has 0 aliphatic rings. The first-order valence-electron chi connectivity index (χ1n) is 14.3. The number of esters is 1. The number of benzene rings is 2. The van der Waals surface area contributed by atoms with Crippen LogP contribution in [0, 0.1) is 5.92 Å². The minimum Gasteiger partial charge on any atom is -0.466 e. The summed E-state index contributed by atoms with van der Waals surface area (Å²) in [5.41, 5.74) is 2.96. The van der Waals surface area contributed by atoms with Gasteiger partial charge in [0.1, 0.15) is 0 Å². The Kier molecular flexibility index (Phi) is 14.2. The molecule has 0 bridgehead atoms. The van der Waals surface area contributed by atoms with Gasteiger partial charge in [0.25, 0.3) is 0 Å². The molecule has 0 fully saturated rings. The molecule has 2 aromatic rings. The van der Waals surface area contributed by atoms with Crippen molar-refractivity contribution in [2.75, 3.05) is 19.7 Å². The van der Waals surface area contributed by atoms with Crippen molar-refractivity contribution in [3.05, 3.63) is 71.3 Å². The number of carbonyl (C=O) groups excluding carboxylic acids is 5. The number of aryl methyl sites for hydroxylation is 1. The normalized spacial score (nSPS) is 11.8. The van der Waals surface area contributed by atoms with Gasteiger partial charge >= 0.3 is 5.97 Å². The minimum absolute atomic E-state index is 0.0540. The largest absolute Gasteiger partial charge is 0.466 e. The van der Waals surface area contributed by atoms with E-state index in [1.54, 1.807) is 0 Å². The van der Waals surface area contributed by atoms with E-state index in [1.807, 2.05) is 54.6 Å². The van der Waals surface area contributed by atoms with E-state index in [0.29, 0.717) is 13.0 Å². The van der Waals surface area contributed by atoms with Crippen LogP contribution in [0.5, 0.6) is 0 Å². The van der Waals surface area contributed by atoms with Crippen molar-refractivity contribution in [1.82, 2.24) is 10.6 Å². The van der Waals surface area contributed by atoms with Crippen molar-refractivity contribution < 1.29 is 28.7 Å². The summed E-state index contributed by atoms with van der Waals surface area (Å²) in [4.78, 5) is 62.3. The van der Waals surface area contributed by atoms with Crippen LogP contribution in [0.4, 0.5) is 0 Å². The van der Waals surface area contributed by atoms with Crippen molar-refractivity contribution in [2.24, 2.45) is 5.92 Å². The van der Waals surface area contributed by atoms with Gasteiger partial charge in [0, 0.05) is 33.3 Å². The van der Waals surface area contributed by atoms with Crippen LogP contribution < -0.4 is 10.6 Å². The van der Waals surface area contributed by atoms with E-state index >= 15 is 0 Å². The van der Waals surface area contributed by atoms with Crippen LogP contribution in [0.1, 0.15) is 42.9 Å². The lowest BCUT2D eigenvalue weighted by molar-refractivity contribution is -0.144. The quantitative estimate of drug-likeness (QED) is 0.203. The lowest BCUT2D eigenvalue weighted by Crippen LogP contribution is -2.38. The number of Topliss-reactive ketones (excluding diaryl/α,β-unsaturated/α-hetero) is 2. The van der Waals surface area contributed by atoms with Gasteiger partial charge < -0.3 is 15.4 Å². The first-order valence-corrected chi connectivity index (χ1v) is 18.0. The number of hydrogen-bond donors (Lipinski definition) is 2. The fourth-order valence-corrected chi connectivity index (χ4v) is 4.77. The molecule has 0 saturated heterocycles. The number of amides is 2. The SMILES string of the molecule is CCc1ccc(CC(=O)CNC(=O)[C@@H](CC(=O)CNC(=O)CCC(=O)OCC[Si](C)(C)C)Cc2ccccc2)cc1. The van der Waals surface area contributed by atoms with E-state index in [2.05, 4.69) is 37.2 Å². The zero-order valence-corrected chi connectivity index (χ0v) is 25.8. The van der Waals surface area contributed by atoms with Crippen LogP contribution in [-0.2, 0) is 48.0 Å². The molecule has 0 spiro atoms. The molecule has 0 heterocycles. The second kappa shape index (κ2) is 17.3. The van der Waals surface area contributed by atoms with E-state index in [9.17, 15) is 24.0 Å². The zero-order valence-electron chi connectivity index (χ0n) is 24.8. The van der Waals surface area contributed by atoms with E-state index in [0.717, 1.165) is 23.6 Å². The molecule has 222 valence electrons. The number of nitrogens with one attached hydrogen (secondary N) is 2. The van der Waals surface area contributed by atoms with Crippen molar-refractivity contribution in [1.29, 1.82) is 0 Å². The number of rotatable bonds is 18. The van der Waals surface area contributed by atoms with Crippen molar-refractivity contribution in [3.8, 4) is 0 Å². The van der Waals surface area contributed by atoms with Gasteiger partial charge in [0.05, 0.1) is 26.1 Å². The van der Waals surface area contributed by atoms with Gasteiger partial charge in [0.15, 0.2) is 11.6 Å². The van der Waals surface area contributed by atoms with Crippen LogP contribution in [0.2, 0.25) is 25.7 Å². The summed E-state index contributed by atoms with van der Waals surface area (Å²) in [6.07, 6.45) is 1.24. The Labute approximate surface area is 244 Å². The summed E-state index contributed by atoms with van der Waals surface area (Å²) in [7, 11) is -1.31. The fraction of sp³-hybridized carbons (Fsp3) is 0.469. The molecule has 0 unspecified atom stereocenters. The third kappa shape index (κ3) is 14.6. The van der Waals surface area contributed by atoms with Crippen molar-refractivity contribution in [3.63, 3.8) is 0 Å². The molecule has 41 heavy (non-hydrogen) atoms. The third-order valence-corrected chi connectivity index (χ3v) is 8.32. The van der Waals surface area contributed by atoms with Gasteiger partial charge in [-0.15, -0.1) is 0 Å². The van der Waals surface area contributed by atoms with Crippen LogP contribution in [-0.4, -0.2) is 57.1 Å². The van der Waals surface area contributed by atoms with Crippen LogP contribution in [0.15, 0.2) is 54.6 Å². The van der Waals surface area contributed by atoms with Crippen molar-refractivity contribution >= 4 is 37.4 Å². The van der Waals surface area contributed by atoms with Crippen LogP contribution in [0.25, 0.3) is 0 Å². The molecule has 0 aliphatic carbocycles. The number of carbonyl (C=O) groups is 5. The molecule has 0 saturated carbocycles. The Morgan fingerprint density at radius 1 is 0.780 bits per heavy atom.